The normalized spacial score (nSPS) is 10.7. The van der Waals surface area contributed by atoms with Crippen molar-refractivity contribution < 1.29 is 9.72 Å². The molecule has 0 radical (unpaired) electrons. The number of amides is 1. The second-order valence-electron chi connectivity index (χ2n) is 4.85. The average molecular weight is 290 g/mol. The van der Waals surface area contributed by atoms with E-state index >= 15 is 0 Å². The van der Waals surface area contributed by atoms with Crippen LogP contribution in [0, 0.1) is 10.1 Å². The minimum Gasteiger partial charge on any atom is -0.353 e. The lowest BCUT2D eigenvalue weighted by Crippen LogP contribution is -2.21. The fraction of sp³-hybridized carbons (Fsp3) is 0.438. The molecule has 0 spiro atoms. The quantitative estimate of drug-likeness (QED) is 0.326. The van der Waals surface area contributed by atoms with Crippen molar-refractivity contribution in [3.8, 4) is 0 Å². The maximum Gasteiger partial charge on any atom is 0.276 e. The molecule has 1 amide bonds. The Kier molecular flexibility index (Phi) is 7.79. The zero-order valence-electron chi connectivity index (χ0n) is 12.4. The van der Waals surface area contributed by atoms with Gasteiger partial charge in [0.25, 0.3) is 5.69 Å². The molecule has 1 rings (SSSR count). The molecule has 5 heteroatoms. The molecule has 1 aromatic rings. The van der Waals surface area contributed by atoms with E-state index in [0.717, 1.165) is 12.8 Å². The summed E-state index contributed by atoms with van der Waals surface area (Å²) in [6.07, 6.45) is 8.51. The van der Waals surface area contributed by atoms with Crippen LogP contribution in [0.3, 0.4) is 0 Å². The first kappa shape index (κ1) is 16.9. The molecule has 0 saturated heterocycles. The molecule has 5 nitrogen and oxygen atoms in total. The van der Waals surface area contributed by atoms with Gasteiger partial charge in [-0.1, -0.05) is 44.7 Å². The summed E-state index contributed by atoms with van der Waals surface area (Å²) in [7, 11) is 0. The van der Waals surface area contributed by atoms with E-state index in [2.05, 4.69) is 12.2 Å². The fourth-order valence-electron chi connectivity index (χ4n) is 1.96. The number of nitrogens with one attached hydrogen (secondary N) is 1. The number of rotatable bonds is 9. The molecule has 1 N–H and O–H groups in total. The van der Waals surface area contributed by atoms with Gasteiger partial charge in [0.1, 0.15) is 0 Å². The Morgan fingerprint density at radius 3 is 2.67 bits per heavy atom. The maximum atomic E-state index is 11.6. The number of nitrogens with zero attached hydrogens (tertiary/aromatic N) is 1. The van der Waals surface area contributed by atoms with E-state index in [0.29, 0.717) is 12.1 Å². The van der Waals surface area contributed by atoms with E-state index in [4.69, 9.17) is 0 Å². The Morgan fingerprint density at radius 2 is 1.95 bits per heavy atom. The highest BCUT2D eigenvalue weighted by Gasteiger charge is 2.09. The Balaban J connectivity index is 2.39. The number of unbranched alkanes of at least 4 members (excludes halogenated alkanes) is 4. The third kappa shape index (κ3) is 6.70. The number of benzene rings is 1. The van der Waals surface area contributed by atoms with Crippen LogP contribution in [0.5, 0.6) is 0 Å². The van der Waals surface area contributed by atoms with Crippen molar-refractivity contribution in [2.45, 2.75) is 39.0 Å². The molecule has 0 aromatic heterocycles. The first-order valence-corrected chi connectivity index (χ1v) is 7.34. The minimum absolute atomic E-state index is 0.00103. The SMILES string of the molecule is CCCCCCCNC(=O)/C=C/c1ccccc1[N+](=O)[O-]. The molecule has 0 unspecified atom stereocenters. The van der Waals surface area contributed by atoms with E-state index in [-0.39, 0.29) is 11.6 Å². The summed E-state index contributed by atoms with van der Waals surface area (Å²) in [5, 5.41) is 13.6. The van der Waals surface area contributed by atoms with Gasteiger partial charge in [-0.2, -0.15) is 0 Å². The van der Waals surface area contributed by atoms with E-state index in [1.165, 1.54) is 37.5 Å². The van der Waals surface area contributed by atoms with Crippen molar-refractivity contribution in [3.63, 3.8) is 0 Å². The van der Waals surface area contributed by atoms with Crippen LogP contribution in [0.2, 0.25) is 0 Å². The van der Waals surface area contributed by atoms with Crippen LogP contribution < -0.4 is 5.32 Å². The van der Waals surface area contributed by atoms with Gasteiger partial charge < -0.3 is 5.32 Å². The van der Waals surface area contributed by atoms with Gasteiger partial charge in [0.05, 0.1) is 10.5 Å². The number of hydrogen-bond donors (Lipinski definition) is 1. The number of carbonyl (C=O) groups excluding carboxylic acids is 1. The Labute approximate surface area is 125 Å². The molecule has 1 aromatic carbocycles. The molecule has 0 aliphatic heterocycles. The molecule has 0 atom stereocenters. The van der Waals surface area contributed by atoms with Crippen LogP contribution in [0.1, 0.15) is 44.6 Å². The molecule has 0 aliphatic carbocycles. The highest BCUT2D eigenvalue weighted by molar-refractivity contribution is 5.92. The predicted octanol–water partition coefficient (Wildman–Crippen LogP) is 3.69. The summed E-state index contributed by atoms with van der Waals surface area (Å²) in [5.74, 6) is -0.219. The summed E-state index contributed by atoms with van der Waals surface area (Å²) in [6.45, 7) is 2.80. The van der Waals surface area contributed by atoms with Crippen molar-refractivity contribution in [2.75, 3.05) is 6.54 Å². The first-order valence-electron chi connectivity index (χ1n) is 7.34. The molecule has 0 saturated carbocycles. The van der Waals surface area contributed by atoms with Crippen LogP contribution in [0.25, 0.3) is 6.08 Å². The van der Waals surface area contributed by atoms with Crippen LogP contribution in [-0.4, -0.2) is 17.4 Å². The lowest BCUT2D eigenvalue weighted by Gasteiger charge is -2.02. The lowest BCUT2D eigenvalue weighted by atomic mass is 10.1. The highest BCUT2D eigenvalue weighted by Crippen LogP contribution is 2.18. The summed E-state index contributed by atoms with van der Waals surface area (Å²) >= 11 is 0. The third-order valence-corrected chi connectivity index (χ3v) is 3.13. The molecule has 21 heavy (non-hydrogen) atoms. The van der Waals surface area contributed by atoms with Crippen LogP contribution in [0.4, 0.5) is 5.69 Å². The minimum atomic E-state index is -0.453. The Morgan fingerprint density at radius 1 is 1.24 bits per heavy atom. The van der Waals surface area contributed by atoms with Crippen molar-refractivity contribution in [2.24, 2.45) is 0 Å². The molecule has 0 heterocycles. The Hall–Kier alpha value is -2.17. The molecule has 0 aliphatic rings. The van der Waals surface area contributed by atoms with Gasteiger partial charge >= 0.3 is 0 Å². The van der Waals surface area contributed by atoms with Crippen LogP contribution >= 0.6 is 0 Å². The summed E-state index contributed by atoms with van der Waals surface area (Å²) < 4.78 is 0. The second-order valence-corrected chi connectivity index (χ2v) is 4.85. The smallest absolute Gasteiger partial charge is 0.276 e. The van der Waals surface area contributed by atoms with Crippen LogP contribution in [-0.2, 0) is 4.79 Å². The van der Waals surface area contributed by atoms with Gasteiger partial charge in [-0.3, -0.25) is 14.9 Å². The maximum absolute atomic E-state index is 11.6. The third-order valence-electron chi connectivity index (χ3n) is 3.13. The number of para-hydroxylation sites is 1. The van der Waals surface area contributed by atoms with Crippen molar-refractivity contribution in [3.05, 3.63) is 46.0 Å². The highest BCUT2D eigenvalue weighted by atomic mass is 16.6. The fourth-order valence-corrected chi connectivity index (χ4v) is 1.96. The van der Waals surface area contributed by atoms with Crippen molar-refractivity contribution in [1.82, 2.24) is 5.32 Å². The zero-order valence-corrected chi connectivity index (χ0v) is 12.4. The number of nitro groups is 1. The summed E-state index contributed by atoms with van der Waals surface area (Å²) in [5.41, 5.74) is 0.432. The number of hydrogen-bond acceptors (Lipinski definition) is 3. The first-order chi connectivity index (χ1) is 10.1. The van der Waals surface area contributed by atoms with Gasteiger partial charge in [0.2, 0.25) is 5.91 Å². The predicted molar refractivity (Wildman–Crippen MR) is 83.9 cm³/mol. The summed E-state index contributed by atoms with van der Waals surface area (Å²) in [6, 6.07) is 6.35. The number of nitro benzene ring substituents is 1. The number of carbonyl (C=O) groups is 1. The molecule has 0 fully saturated rings. The molecular weight excluding hydrogens is 268 g/mol. The monoisotopic (exact) mass is 290 g/mol. The average Bonchev–Trinajstić information content (AvgIpc) is 2.49. The van der Waals surface area contributed by atoms with Gasteiger partial charge in [-0.05, 0) is 18.6 Å². The van der Waals surface area contributed by atoms with E-state index < -0.39 is 4.92 Å². The van der Waals surface area contributed by atoms with E-state index in [9.17, 15) is 14.9 Å². The molecule has 0 bridgehead atoms. The van der Waals surface area contributed by atoms with Gasteiger partial charge in [0.15, 0.2) is 0 Å². The molecular formula is C16H22N2O3. The lowest BCUT2D eigenvalue weighted by molar-refractivity contribution is -0.385. The summed E-state index contributed by atoms with van der Waals surface area (Å²) in [4.78, 5) is 22.0. The largest absolute Gasteiger partial charge is 0.353 e. The zero-order chi connectivity index (χ0) is 15.5. The molecule has 114 valence electrons. The van der Waals surface area contributed by atoms with Gasteiger partial charge in [0, 0.05) is 18.7 Å². The van der Waals surface area contributed by atoms with Gasteiger partial charge in [-0.25, -0.2) is 0 Å². The van der Waals surface area contributed by atoms with Crippen LogP contribution in [0.15, 0.2) is 30.3 Å². The Bertz CT molecular complexity index is 498. The van der Waals surface area contributed by atoms with E-state index in [1.807, 2.05) is 0 Å². The van der Waals surface area contributed by atoms with E-state index in [1.54, 1.807) is 18.2 Å². The second kappa shape index (κ2) is 9.69. The van der Waals surface area contributed by atoms with Crippen molar-refractivity contribution >= 4 is 17.7 Å². The standard InChI is InChI=1S/C16H22N2O3/c1-2-3-4-5-8-13-17-16(19)12-11-14-9-6-7-10-15(14)18(20)21/h6-7,9-12H,2-5,8,13H2,1H3,(H,17,19)/b12-11+. The van der Waals surface area contributed by atoms with Crippen molar-refractivity contribution in [1.29, 1.82) is 0 Å². The topological polar surface area (TPSA) is 72.2 Å². The van der Waals surface area contributed by atoms with Gasteiger partial charge in [-0.15, -0.1) is 0 Å².